The van der Waals surface area contributed by atoms with Crippen molar-refractivity contribution >= 4 is 16.8 Å². The zero-order chi connectivity index (χ0) is 17.4. The number of ether oxygens (including phenoxy) is 1. The maximum atomic E-state index is 5.86. The Balaban J connectivity index is 1.53. The van der Waals surface area contributed by atoms with Gasteiger partial charge in [0.15, 0.2) is 0 Å². The number of hydrogen-bond donors (Lipinski definition) is 0. The molecule has 1 unspecified atom stereocenters. The standard InChI is InChI=1S/C22H25NOS/c1-14(2)24-20-11-10-17(12-15(20)3)22-23-13-21(25-22)19-9-5-7-16-6-4-8-18(16)19/h5,7,9-12,14,21H,4,6,8,13H2,1-3H3. The molecule has 0 bridgehead atoms. The monoisotopic (exact) mass is 351 g/mol. The van der Waals surface area contributed by atoms with Gasteiger partial charge in [-0.25, -0.2) is 0 Å². The lowest BCUT2D eigenvalue weighted by Crippen LogP contribution is -2.07. The maximum absolute atomic E-state index is 5.86. The van der Waals surface area contributed by atoms with Crippen LogP contribution in [0.3, 0.4) is 0 Å². The molecule has 0 aromatic heterocycles. The van der Waals surface area contributed by atoms with Crippen LogP contribution in [-0.4, -0.2) is 17.7 Å². The Morgan fingerprint density at radius 3 is 2.84 bits per heavy atom. The minimum atomic E-state index is 0.201. The molecule has 0 N–H and O–H groups in total. The molecule has 4 rings (SSSR count). The Morgan fingerprint density at radius 2 is 2.04 bits per heavy atom. The SMILES string of the molecule is Cc1cc(C2=NCC(c3cccc4c3CCC4)S2)ccc1OC(C)C. The van der Waals surface area contributed by atoms with Crippen LogP contribution in [0, 0.1) is 6.92 Å². The second-order valence-corrected chi connectivity index (χ2v) is 8.43. The Labute approximate surface area is 154 Å². The molecule has 0 radical (unpaired) electrons. The van der Waals surface area contributed by atoms with Gasteiger partial charge in [-0.15, -0.1) is 0 Å². The van der Waals surface area contributed by atoms with Gasteiger partial charge in [-0.2, -0.15) is 0 Å². The van der Waals surface area contributed by atoms with E-state index in [0.717, 1.165) is 12.3 Å². The Bertz CT molecular complexity index is 825. The summed E-state index contributed by atoms with van der Waals surface area (Å²) < 4.78 is 5.86. The van der Waals surface area contributed by atoms with Crippen molar-refractivity contribution in [2.24, 2.45) is 4.99 Å². The van der Waals surface area contributed by atoms with Gasteiger partial charge in [0.1, 0.15) is 5.75 Å². The lowest BCUT2D eigenvalue weighted by Gasteiger charge is -2.15. The van der Waals surface area contributed by atoms with E-state index in [1.807, 2.05) is 11.8 Å². The van der Waals surface area contributed by atoms with Gasteiger partial charge in [0, 0.05) is 5.56 Å². The van der Waals surface area contributed by atoms with E-state index in [0.29, 0.717) is 5.25 Å². The largest absolute Gasteiger partial charge is 0.491 e. The van der Waals surface area contributed by atoms with Gasteiger partial charge in [-0.3, -0.25) is 4.99 Å². The van der Waals surface area contributed by atoms with Gasteiger partial charge in [-0.1, -0.05) is 30.0 Å². The summed E-state index contributed by atoms with van der Waals surface area (Å²) in [5, 5.41) is 1.63. The molecule has 1 aliphatic heterocycles. The first-order valence-corrected chi connectivity index (χ1v) is 10.1. The average Bonchev–Trinajstić information content (AvgIpc) is 3.24. The van der Waals surface area contributed by atoms with Gasteiger partial charge in [0.2, 0.25) is 0 Å². The minimum Gasteiger partial charge on any atom is -0.491 e. The van der Waals surface area contributed by atoms with Crippen LogP contribution in [0.2, 0.25) is 0 Å². The van der Waals surface area contributed by atoms with Gasteiger partial charge in [0.25, 0.3) is 0 Å². The molecule has 25 heavy (non-hydrogen) atoms. The molecule has 0 fully saturated rings. The van der Waals surface area contributed by atoms with E-state index in [4.69, 9.17) is 9.73 Å². The molecule has 1 aliphatic carbocycles. The summed E-state index contributed by atoms with van der Waals surface area (Å²) >= 11 is 1.92. The van der Waals surface area contributed by atoms with Gasteiger partial charge in [0.05, 0.1) is 22.9 Å². The molecule has 1 heterocycles. The van der Waals surface area contributed by atoms with E-state index in [1.54, 1.807) is 11.1 Å². The lowest BCUT2D eigenvalue weighted by molar-refractivity contribution is 0.241. The molecule has 2 aromatic carbocycles. The number of rotatable bonds is 4. The van der Waals surface area contributed by atoms with Crippen LogP contribution in [0.5, 0.6) is 5.75 Å². The van der Waals surface area contributed by atoms with E-state index in [9.17, 15) is 0 Å². The normalized spacial score (nSPS) is 19.2. The number of aliphatic imine (C=N–C) groups is 1. The van der Waals surface area contributed by atoms with Gasteiger partial charge in [-0.05, 0) is 80.5 Å². The Hall–Kier alpha value is -1.74. The summed E-state index contributed by atoms with van der Waals surface area (Å²) in [6.45, 7) is 7.13. The average molecular weight is 352 g/mol. The molecule has 1 atom stereocenters. The number of thioether (sulfide) groups is 1. The van der Waals surface area contributed by atoms with Crippen molar-refractivity contribution in [1.29, 1.82) is 0 Å². The van der Waals surface area contributed by atoms with E-state index >= 15 is 0 Å². The first-order valence-electron chi connectivity index (χ1n) is 9.21. The fourth-order valence-electron chi connectivity index (χ4n) is 3.82. The van der Waals surface area contributed by atoms with Crippen molar-refractivity contribution in [3.05, 3.63) is 64.2 Å². The van der Waals surface area contributed by atoms with E-state index in [2.05, 4.69) is 57.2 Å². The molecule has 2 nitrogen and oxygen atoms in total. The van der Waals surface area contributed by atoms with Crippen molar-refractivity contribution < 1.29 is 4.74 Å². The second kappa shape index (κ2) is 6.87. The Kier molecular flexibility index (Phi) is 4.60. The van der Waals surface area contributed by atoms with Crippen LogP contribution in [0.4, 0.5) is 0 Å². The summed E-state index contributed by atoms with van der Waals surface area (Å²) in [7, 11) is 0. The smallest absolute Gasteiger partial charge is 0.122 e. The number of benzene rings is 2. The van der Waals surface area contributed by atoms with E-state index in [1.165, 1.54) is 41.0 Å². The van der Waals surface area contributed by atoms with E-state index < -0.39 is 0 Å². The molecular weight excluding hydrogens is 326 g/mol. The van der Waals surface area contributed by atoms with Gasteiger partial charge < -0.3 is 4.74 Å². The topological polar surface area (TPSA) is 21.6 Å². The van der Waals surface area contributed by atoms with Crippen LogP contribution >= 0.6 is 11.8 Å². The maximum Gasteiger partial charge on any atom is 0.122 e. The molecule has 2 aliphatic rings. The zero-order valence-corrected chi connectivity index (χ0v) is 16.0. The van der Waals surface area contributed by atoms with Crippen molar-refractivity contribution in [3.63, 3.8) is 0 Å². The summed E-state index contributed by atoms with van der Waals surface area (Å²) in [4.78, 5) is 4.86. The van der Waals surface area contributed by atoms with Crippen molar-refractivity contribution in [1.82, 2.24) is 0 Å². The van der Waals surface area contributed by atoms with Crippen molar-refractivity contribution in [3.8, 4) is 5.75 Å². The predicted molar refractivity (Wildman–Crippen MR) is 107 cm³/mol. The number of nitrogens with zero attached hydrogens (tertiary/aromatic N) is 1. The summed E-state index contributed by atoms with van der Waals surface area (Å²) in [6.07, 6.45) is 3.98. The van der Waals surface area contributed by atoms with E-state index in [-0.39, 0.29) is 6.10 Å². The van der Waals surface area contributed by atoms with Crippen LogP contribution in [0.25, 0.3) is 0 Å². The number of aryl methyl sites for hydroxylation is 2. The van der Waals surface area contributed by atoms with Gasteiger partial charge >= 0.3 is 0 Å². The highest BCUT2D eigenvalue weighted by Gasteiger charge is 2.26. The van der Waals surface area contributed by atoms with Crippen molar-refractivity contribution in [2.45, 2.75) is 51.4 Å². The quantitative estimate of drug-likeness (QED) is 0.725. The molecular formula is C22H25NOS. The second-order valence-electron chi connectivity index (χ2n) is 7.24. The summed E-state index contributed by atoms with van der Waals surface area (Å²) in [5.74, 6) is 0.972. The lowest BCUT2D eigenvalue weighted by atomic mass is 10.0. The molecule has 2 aromatic rings. The molecule has 3 heteroatoms. The molecule has 0 amide bonds. The highest BCUT2D eigenvalue weighted by atomic mass is 32.2. The molecule has 130 valence electrons. The van der Waals surface area contributed by atoms with Crippen molar-refractivity contribution in [2.75, 3.05) is 6.54 Å². The fraction of sp³-hybridized carbons (Fsp3) is 0.409. The summed E-state index contributed by atoms with van der Waals surface area (Å²) in [6, 6.07) is 13.3. The highest BCUT2D eigenvalue weighted by Crippen LogP contribution is 2.41. The zero-order valence-electron chi connectivity index (χ0n) is 15.2. The molecule has 0 spiro atoms. The number of hydrogen-bond acceptors (Lipinski definition) is 3. The van der Waals surface area contributed by atoms with Crippen LogP contribution < -0.4 is 4.74 Å². The van der Waals surface area contributed by atoms with Crippen LogP contribution in [0.1, 0.15) is 53.3 Å². The van der Waals surface area contributed by atoms with Crippen LogP contribution in [-0.2, 0) is 12.8 Å². The first-order chi connectivity index (χ1) is 12.1. The third kappa shape index (κ3) is 3.35. The minimum absolute atomic E-state index is 0.201. The summed E-state index contributed by atoms with van der Waals surface area (Å²) in [5.41, 5.74) is 7.05. The predicted octanol–water partition coefficient (Wildman–Crippen LogP) is 5.51. The highest BCUT2D eigenvalue weighted by molar-refractivity contribution is 8.14. The molecule has 0 saturated heterocycles. The van der Waals surface area contributed by atoms with Crippen LogP contribution in [0.15, 0.2) is 41.4 Å². The number of fused-ring (bicyclic) bond motifs is 1. The third-order valence-electron chi connectivity index (χ3n) is 4.97. The fourth-order valence-corrected chi connectivity index (χ4v) is 4.99. The third-order valence-corrected chi connectivity index (χ3v) is 6.24. The molecule has 0 saturated carbocycles. The Morgan fingerprint density at radius 1 is 1.16 bits per heavy atom. The first kappa shape index (κ1) is 16.7.